The van der Waals surface area contributed by atoms with Crippen molar-refractivity contribution in [3.05, 3.63) is 46.2 Å². The zero-order chi connectivity index (χ0) is 21.4. The van der Waals surface area contributed by atoms with Crippen LogP contribution in [0.4, 0.5) is 4.39 Å². The van der Waals surface area contributed by atoms with Crippen LogP contribution in [0.25, 0.3) is 0 Å². The predicted octanol–water partition coefficient (Wildman–Crippen LogP) is 4.40. The molecule has 7 heteroatoms. The van der Waals surface area contributed by atoms with E-state index in [2.05, 4.69) is 0 Å². The number of fused-ring (bicyclic) bond motifs is 1. The fourth-order valence-corrected chi connectivity index (χ4v) is 4.87. The molecule has 4 atom stereocenters. The second-order valence-electron chi connectivity index (χ2n) is 8.51. The number of nitrogens with zero attached hydrogens (tertiary/aromatic N) is 1. The van der Waals surface area contributed by atoms with E-state index in [0.29, 0.717) is 43.0 Å². The Bertz CT molecular complexity index is 871. The van der Waals surface area contributed by atoms with Crippen LogP contribution in [-0.2, 0) is 19.1 Å². The molecular weight excluding hydrogens is 409 g/mol. The van der Waals surface area contributed by atoms with E-state index >= 15 is 0 Å². The molecule has 4 unspecified atom stereocenters. The molecule has 0 aromatic heterocycles. The molecule has 4 rings (SSSR count). The lowest BCUT2D eigenvalue weighted by Gasteiger charge is -2.36. The fourth-order valence-electron chi connectivity index (χ4n) is 4.67. The summed E-state index contributed by atoms with van der Waals surface area (Å²) in [7, 11) is 0. The maximum atomic E-state index is 14.0. The molecule has 1 aliphatic carbocycles. The summed E-state index contributed by atoms with van der Waals surface area (Å²) < 4.78 is 25.7. The molecule has 2 heterocycles. The number of alkyl halides is 1. The molecule has 30 heavy (non-hydrogen) atoms. The van der Waals surface area contributed by atoms with E-state index in [0.717, 1.165) is 5.56 Å². The van der Waals surface area contributed by atoms with Crippen LogP contribution in [0.2, 0.25) is 5.02 Å². The average molecular weight is 436 g/mol. The van der Waals surface area contributed by atoms with Gasteiger partial charge in [0.25, 0.3) is 5.91 Å². The number of benzene rings is 1. The third-order valence-electron chi connectivity index (χ3n) is 6.04. The molecule has 1 aromatic rings. The van der Waals surface area contributed by atoms with Crippen molar-refractivity contribution < 1.29 is 23.5 Å². The molecule has 0 radical (unpaired) electrons. The average Bonchev–Trinajstić information content (AvgIpc) is 2.98. The van der Waals surface area contributed by atoms with E-state index in [1.807, 2.05) is 19.9 Å². The molecule has 0 N–H and O–H groups in total. The van der Waals surface area contributed by atoms with Crippen LogP contribution in [0.1, 0.15) is 51.1 Å². The minimum Gasteiger partial charge on any atom is -0.483 e. The van der Waals surface area contributed by atoms with Gasteiger partial charge >= 0.3 is 0 Å². The molecule has 2 aliphatic heterocycles. The zero-order valence-corrected chi connectivity index (χ0v) is 18.0. The SMILES string of the molecule is CC(C)OCCCN1C(=O)C2=C(C(=O)C3CC(F)CCC3O2)C1c1cccc(Cl)c1. The van der Waals surface area contributed by atoms with Crippen LogP contribution >= 0.6 is 11.6 Å². The number of ketones is 1. The molecule has 1 saturated carbocycles. The van der Waals surface area contributed by atoms with Gasteiger partial charge in [0.15, 0.2) is 11.5 Å². The second kappa shape index (κ2) is 8.67. The van der Waals surface area contributed by atoms with Crippen LogP contribution in [0.15, 0.2) is 35.6 Å². The molecular formula is C23H27ClFNO4. The first-order valence-electron chi connectivity index (χ1n) is 10.6. The van der Waals surface area contributed by atoms with Gasteiger partial charge in [0, 0.05) is 18.2 Å². The summed E-state index contributed by atoms with van der Waals surface area (Å²) in [5.74, 6) is -0.851. The Kier molecular flexibility index (Phi) is 6.16. The quantitative estimate of drug-likeness (QED) is 0.621. The summed E-state index contributed by atoms with van der Waals surface area (Å²) in [4.78, 5) is 28.4. The molecule has 0 saturated heterocycles. The molecule has 1 fully saturated rings. The Morgan fingerprint density at radius 2 is 2.10 bits per heavy atom. The third kappa shape index (κ3) is 4.00. The largest absolute Gasteiger partial charge is 0.483 e. The van der Waals surface area contributed by atoms with Gasteiger partial charge < -0.3 is 14.4 Å². The van der Waals surface area contributed by atoms with Crippen molar-refractivity contribution in [1.29, 1.82) is 0 Å². The highest BCUT2D eigenvalue weighted by Gasteiger charge is 2.52. The van der Waals surface area contributed by atoms with Crippen molar-refractivity contribution in [3.8, 4) is 0 Å². The van der Waals surface area contributed by atoms with Crippen molar-refractivity contribution >= 4 is 23.3 Å². The minimum atomic E-state index is -1.01. The number of Topliss-reactive ketones (excluding diaryl/α,β-unsaturated/α-hetero) is 1. The number of halogens is 2. The van der Waals surface area contributed by atoms with Gasteiger partial charge in [-0.3, -0.25) is 9.59 Å². The maximum Gasteiger partial charge on any atom is 0.290 e. The Morgan fingerprint density at radius 1 is 1.30 bits per heavy atom. The number of carbonyl (C=O) groups excluding carboxylic acids is 2. The number of amides is 1. The van der Waals surface area contributed by atoms with E-state index in [-0.39, 0.29) is 30.0 Å². The zero-order valence-electron chi connectivity index (χ0n) is 17.3. The number of ether oxygens (including phenoxy) is 2. The first-order valence-corrected chi connectivity index (χ1v) is 11.0. The van der Waals surface area contributed by atoms with Crippen LogP contribution in [0, 0.1) is 5.92 Å². The Labute approximate surface area is 181 Å². The van der Waals surface area contributed by atoms with Crippen LogP contribution in [-0.4, -0.2) is 48.1 Å². The van der Waals surface area contributed by atoms with Crippen LogP contribution < -0.4 is 0 Å². The van der Waals surface area contributed by atoms with Gasteiger partial charge in [0.2, 0.25) is 0 Å². The summed E-state index contributed by atoms with van der Waals surface area (Å²) in [6, 6.07) is 6.61. The van der Waals surface area contributed by atoms with Gasteiger partial charge in [0.1, 0.15) is 12.3 Å². The van der Waals surface area contributed by atoms with Crippen molar-refractivity contribution in [2.75, 3.05) is 13.2 Å². The summed E-state index contributed by atoms with van der Waals surface area (Å²) in [5.41, 5.74) is 1.11. The van der Waals surface area contributed by atoms with Crippen molar-refractivity contribution in [1.82, 2.24) is 4.90 Å². The van der Waals surface area contributed by atoms with Gasteiger partial charge in [0.05, 0.1) is 23.6 Å². The molecule has 162 valence electrons. The lowest BCUT2D eigenvalue weighted by atomic mass is 9.77. The molecule has 1 amide bonds. The van der Waals surface area contributed by atoms with Crippen molar-refractivity contribution in [3.63, 3.8) is 0 Å². The van der Waals surface area contributed by atoms with Gasteiger partial charge in [-0.15, -0.1) is 0 Å². The summed E-state index contributed by atoms with van der Waals surface area (Å²) >= 11 is 6.21. The van der Waals surface area contributed by atoms with Crippen molar-refractivity contribution in [2.24, 2.45) is 5.92 Å². The number of rotatable bonds is 6. The Hall–Kier alpha value is -1.92. The molecule has 0 bridgehead atoms. The van der Waals surface area contributed by atoms with Crippen molar-refractivity contribution in [2.45, 2.75) is 64.0 Å². The maximum absolute atomic E-state index is 14.0. The van der Waals surface area contributed by atoms with E-state index in [4.69, 9.17) is 21.1 Å². The van der Waals surface area contributed by atoms with Gasteiger partial charge in [-0.1, -0.05) is 23.7 Å². The summed E-state index contributed by atoms with van der Waals surface area (Å²) in [6.07, 6.45) is 0.276. The summed E-state index contributed by atoms with van der Waals surface area (Å²) in [5, 5.41) is 0.528. The first-order chi connectivity index (χ1) is 14.4. The molecule has 0 spiro atoms. The van der Waals surface area contributed by atoms with Gasteiger partial charge in [-0.05, 0) is 57.2 Å². The van der Waals surface area contributed by atoms with Gasteiger partial charge in [-0.25, -0.2) is 4.39 Å². The number of hydrogen-bond acceptors (Lipinski definition) is 4. The highest BCUT2D eigenvalue weighted by molar-refractivity contribution is 6.30. The highest BCUT2D eigenvalue weighted by atomic mass is 35.5. The Balaban J connectivity index is 1.66. The number of hydrogen-bond donors (Lipinski definition) is 0. The smallest absolute Gasteiger partial charge is 0.290 e. The standard InChI is InChI=1S/C23H27ClFNO4/c1-13(2)29-10-4-9-26-20(14-5-3-6-15(24)11-14)19-21(27)17-12-16(25)7-8-18(17)30-22(19)23(26)28/h3,5-6,11,13,16-18,20H,4,7-10,12H2,1-2H3. The predicted molar refractivity (Wildman–Crippen MR) is 111 cm³/mol. The second-order valence-corrected chi connectivity index (χ2v) is 8.95. The lowest BCUT2D eigenvalue weighted by molar-refractivity contribution is -0.136. The molecule has 3 aliphatic rings. The summed E-state index contributed by atoms with van der Waals surface area (Å²) in [6.45, 7) is 4.86. The Morgan fingerprint density at radius 3 is 2.83 bits per heavy atom. The minimum absolute atomic E-state index is 0.107. The topological polar surface area (TPSA) is 55.8 Å². The monoisotopic (exact) mass is 435 g/mol. The van der Waals surface area contributed by atoms with E-state index in [1.165, 1.54) is 0 Å². The fraction of sp³-hybridized carbons (Fsp3) is 0.565. The molecule has 5 nitrogen and oxygen atoms in total. The highest BCUT2D eigenvalue weighted by Crippen LogP contribution is 2.47. The third-order valence-corrected chi connectivity index (χ3v) is 6.27. The van der Waals surface area contributed by atoms with E-state index in [1.54, 1.807) is 23.1 Å². The number of carbonyl (C=O) groups is 2. The van der Waals surface area contributed by atoms with Crippen LogP contribution in [0.5, 0.6) is 0 Å². The normalized spacial score (nSPS) is 28.6. The van der Waals surface area contributed by atoms with E-state index < -0.39 is 24.2 Å². The lowest BCUT2D eigenvalue weighted by Crippen LogP contribution is -2.42. The first kappa shape index (κ1) is 21.3. The van der Waals surface area contributed by atoms with Crippen LogP contribution in [0.3, 0.4) is 0 Å². The van der Waals surface area contributed by atoms with Gasteiger partial charge in [-0.2, -0.15) is 0 Å². The van der Waals surface area contributed by atoms with E-state index in [9.17, 15) is 14.0 Å². The molecule has 1 aromatic carbocycles.